The minimum Gasteiger partial charge on any atom is -0.481 e. The Bertz CT molecular complexity index is 4220. The van der Waals surface area contributed by atoms with Crippen LogP contribution in [0.25, 0.3) is 55.7 Å². The summed E-state index contributed by atoms with van der Waals surface area (Å²) in [7, 11) is 1.61. The Morgan fingerprint density at radius 2 is 1.00 bits per heavy atom. The first kappa shape index (κ1) is 62.1. The molecule has 0 bridgehead atoms. The lowest BCUT2D eigenvalue weighted by molar-refractivity contribution is 0.122. The molecule has 0 aliphatic carbocycles. The predicted octanol–water partition coefficient (Wildman–Crippen LogP) is 11.6. The van der Waals surface area contributed by atoms with Crippen molar-refractivity contribution in [1.82, 2.24) is 39.9 Å². The fourth-order valence-corrected chi connectivity index (χ4v) is 10.6. The molecular weight excluding hydrogens is 1200 g/mol. The van der Waals surface area contributed by atoms with Gasteiger partial charge in [-0.15, -0.1) is 0 Å². The third kappa shape index (κ3) is 13.9. The number of aromatic nitrogens is 8. The molecule has 0 amide bonds. The third-order valence-electron chi connectivity index (χ3n) is 14.9. The van der Waals surface area contributed by atoms with Gasteiger partial charge in [-0.05, 0) is 105 Å². The molecule has 452 valence electrons. The van der Waals surface area contributed by atoms with Crippen molar-refractivity contribution in [2.24, 2.45) is 0 Å². The van der Waals surface area contributed by atoms with E-state index < -0.39 is 30.4 Å². The van der Waals surface area contributed by atoms with Crippen molar-refractivity contribution in [3.05, 3.63) is 171 Å². The summed E-state index contributed by atoms with van der Waals surface area (Å²) in [4.78, 5) is 40.3. The largest absolute Gasteiger partial charge is 0.490 e. The van der Waals surface area contributed by atoms with Gasteiger partial charge in [0.05, 0.1) is 112 Å². The molecule has 10 aromatic rings. The first-order valence-electron chi connectivity index (χ1n) is 28.1. The first-order chi connectivity index (χ1) is 42.4. The first-order valence-corrected chi connectivity index (χ1v) is 28.9. The van der Waals surface area contributed by atoms with Gasteiger partial charge in [0.25, 0.3) is 0 Å². The highest BCUT2D eigenvalue weighted by Crippen LogP contribution is 2.42. The summed E-state index contributed by atoms with van der Waals surface area (Å²) in [6.07, 6.45) is 6.90. The quantitative estimate of drug-likeness (QED) is 0.0662. The van der Waals surface area contributed by atoms with Crippen LogP contribution in [-0.2, 0) is 9.47 Å². The van der Waals surface area contributed by atoms with E-state index in [4.69, 9.17) is 34.0 Å². The van der Waals surface area contributed by atoms with E-state index in [1.54, 1.807) is 57.0 Å². The summed E-state index contributed by atoms with van der Waals surface area (Å²) in [6, 6.07) is 22.6. The third-order valence-corrected chi connectivity index (χ3v) is 15.5. The highest BCUT2D eigenvalue weighted by Gasteiger charge is 2.25. The van der Waals surface area contributed by atoms with Crippen molar-refractivity contribution < 1.29 is 46.6 Å². The number of methoxy groups -OCH3 is 2. The Morgan fingerprint density at radius 3 is 1.47 bits per heavy atom. The van der Waals surface area contributed by atoms with Crippen LogP contribution in [0, 0.1) is 64.8 Å². The second-order valence-corrected chi connectivity index (χ2v) is 21.7. The van der Waals surface area contributed by atoms with E-state index in [2.05, 4.69) is 71.3 Å². The zero-order valence-corrected chi connectivity index (χ0v) is 51.1. The molecule has 2 aliphatic heterocycles. The van der Waals surface area contributed by atoms with Crippen molar-refractivity contribution in [2.75, 3.05) is 87.3 Å². The van der Waals surface area contributed by atoms with Gasteiger partial charge in [0.1, 0.15) is 34.9 Å². The Morgan fingerprint density at radius 1 is 0.534 bits per heavy atom. The Kier molecular flexibility index (Phi) is 19.3. The van der Waals surface area contributed by atoms with Gasteiger partial charge in [-0.3, -0.25) is 9.97 Å². The fourth-order valence-electron chi connectivity index (χ4n) is 10.3. The normalized spacial score (nSPS) is 13.1. The van der Waals surface area contributed by atoms with Crippen LogP contribution in [0.3, 0.4) is 0 Å². The number of nitrogens with zero attached hydrogens (tertiary/aromatic N) is 10. The number of morpholine rings is 2. The van der Waals surface area contributed by atoms with Crippen LogP contribution in [0.15, 0.2) is 114 Å². The number of hydrogen-bond acceptors (Lipinski definition) is 18. The number of ether oxygens (including phenoxy) is 4. The number of fused-ring (bicyclic) bond motifs is 2. The minimum atomic E-state index is -1.47. The molecule has 2 saturated heterocycles. The van der Waals surface area contributed by atoms with Crippen LogP contribution >= 0.6 is 15.9 Å². The van der Waals surface area contributed by atoms with Gasteiger partial charge in [0.15, 0.2) is 0 Å². The summed E-state index contributed by atoms with van der Waals surface area (Å²) < 4.78 is 81.1. The number of aryl methyl sites for hydroxylation is 4. The van der Waals surface area contributed by atoms with Crippen molar-refractivity contribution in [1.29, 1.82) is 0 Å². The van der Waals surface area contributed by atoms with E-state index in [1.165, 1.54) is 19.2 Å². The van der Waals surface area contributed by atoms with Crippen LogP contribution in [0.4, 0.5) is 51.9 Å². The summed E-state index contributed by atoms with van der Waals surface area (Å²) in [6.45, 7) is 16.6. The molecule has 10 heterocycles. The molecule has 0 atom stereocenters. The van der Waals surface area contributed by atoms with Gasteiger partial charge in [-0.1, -0.05) is 6.07 Å². The molecule has 2 aromatic carbocycles. The summed E-state index contributed by atoms with van der Waals surface area (Å²) in [5.41, 5.74) is 11.8. The van der Waals surface area contributed by atoms with E-state index in [0.717, 1.165) is 64.8 Å². The number of pyridine rings is 8. The van der Waals surface area contributed by atoms with Gasteiger partial charge in [-0.25, -0.2) is 47.5 Å². The van der Waals surface area contributed by atoms with E-state index in [1.807, 2.05) is 77.1 Å². The van der Waals surface area contributed by atoms with Crippen LogP contribution in [0.5, 0.6) is 11.8 Å². The summed E-state index contributed by atoms with van der Waals surface area (Å²) >= 11 is 3.55. The number of rotatable bonds is 12. The van der Waals surface area contributed by atoms with Gasteiger partial charge in [0.2, 0.25) is 11.8 Å². The van der Waals surface area contributed by atoms with Crippen molar-refractivity contribution in [3.63, 3.8) is 0 Å². The van der Waals surface area contributed by atoms with Gasteiger partial charge < -0.3 is 49.4 Å². The Hall–Kier alpha value is -8.94. The lowest BCUT2D eigenvalue weighted by Crippen LogP contribution is -2.36. The molecule has 18 nitrogen and oxygen atoms in total. The Labute approximate surface area is 514 Å². The van der Waals surface area contributed by atoms with Crippen molar-refractivity contribution in [2.45, 2.75) is 41.5 Å². The molecule has 0 radical (unpaired) electrons. The maximum absolute atomic E-state index is 15.5. The number of hydrogen-bond donors (Lipinski definition) is 4. The predicted molar refractivity (Wildman–Crippen MR) is 337 cm³/mol. The van der Waals surface area contributed by atoms with Gasteiger partial charge in [0, 0.05) is 133 Å². The average molecular weight is 1260 g/mol. The summed E-state index contributed by atoms with van der Waals surface area (Å²) in [5.74, 6) is -0.270. The van der Waals surface area contributed by atoms with E-state index >= 15 is 8.78 Å². The average Bonchev–Trinajstić information content (AvgIpc) is 2.25. The van der Waals surface area contributed by atoms with Gasteiger partial charge >= 0.3 is 7.12 Å². The molecule has 2 aliphatic rings. The molecule has 0 saturated carbocycles. The molecule has 4 N–H and O–H groups in total. The monoisotopic (exact) mass is 1260 g/mol. The smallest absolute Gasteiger partial charge is 0.481 e. The highest BCUT2D eigenvalue weighted by molar-refractivity contribution is 9.10. The number of anilines is 6. The van der Waals surface area contributed by atoms with Crippen molar-refractivity contribution >= 4 is 84.7 Å². The maximum atomic E-state index is 15.5. The fraction of sp³-hybridized carbons (Fsp3) is 0.250. The zero-order chi connectivity index (χ0) is 62.3. The van der Waals surface area contributed by atoms with Crippen LogP contribution in [0.2, 0.25) is 0 Å². The molecule has 88 heavy (non-hydrogen) atoms. The van der Waals surface area contributed by atoms with E-state index in [9.17, 15) is 8.78 Å². The number of nitrogens with one attached hydrogen (secondary N) is 2. The topological polar surface area (TPSA) is 211 Å². The molecule has 24 heteroatoms. The lowest BCUT2D eigenvalue weighted by atomic mass is 9.79. The van der Waals surface area contributed by atoms with Crippen LogP contribution < -0.4 is 35.4 Å². The molecular formula is C64H62BBrF4N12O6. The molecule has 0 spiro atoms. The maximum Gasteiger partial charge on any atom is 0.490 e. The van der Waals surface area contributed by atoms with Crippen molar-refractivity contribution in [3.8, 4) is 45.7 Å². The van der Waals surface area contributed by atoms with Crippen LogP contribution in [-0.4, -0.2) is 124 Å². The highest BCUT2D eigenvalue weighted by atomic mass is 79.9. The zero-order valence-electron chi connectivity index (χ0n) is 49.5. The molecule has 0 unspecified atom stereocenters. The van der Waals surface area contributed by atoms with Crippen LogP contribution in [0.1, 0.15) is 33.6 Å². The Balaban J connectivity index is 0.000000166. The molecule has 12 rings (SSSR count). The minimum absolute atomic E-state index is 0.185. The second-order valence-electron chi connectivity index (χ2n) is 20.9. The summed E-state index contributed by atoms with van der Waals surface area (Å²) in [5, 5.41) is 25.0. The standard InChI is InChI=1S/C32H30F2N6O2.C25H22BrF2N5O.C7H10BNO3/c1-18-7-8-35-27(13-18)31-19(2)32(30-24(34)14-21(33)15-26(30)39-31)38-25-16-28(40-9-11-42-12-10-40)36-17-23(25)22-5-6-29(41-4)37-20(22)3;1-14-3-4-29-21(9-14)24-15(2)25(23-18(28)10-16(27)11-20(23)32-24)31-19-12-22(30-13-17(19)26)33-5-7-34-8-6-33;1-5-6(8(10)11)3-4-7(9-5)12-2/h5-8,13-17H,9-12H2,1-4H3,(H,36,38,39);3-4,9-13H,5-8H2,1-2H3,(H,30,31,32);3-4,10-11H,1-2H3. The lowest BCUT2D eigenvalue weighted by Gasteiger charge is -2.29. The number of benzene rings is 2. The SMILES string of the molecule is COc1ccc(-c2cnc(N3CCOCC3)cc2Nc2c(C)c(-c3cc(C)ccn3)nc3cc(F)cc(F)c23)c(C)n1.COc1ccc(B(O)O)c(C)n1.Cc1ccnc(-c2nc3cc(F)cc(F)c3c(Nc3cc(N4CCOCC4)ncc3Br)c2C)c1. The van der Waals surface area contributed by atoms with E-state index in [0.29, 0.717) is 124 Å². The molecule has 8 aromatic heterocycles. The second kappa shape index (κ2) is 27.4. The van der Waals surface area contributed by atoms with Gasteiger partial charge in [-0.2, -0.15) is 0 Å². The molecule has 2 fully saturated rings. The number of halogens is 5. The van der Waals surface area contributed by atoms with E-state index in [-0.39, 0.29) is 21.8 Å².